The third-order valence-electron chi connectivity index (χ3n) is 4.30. The molecule has 128 valence electrons. The number of thiophene rings is 1. The highest BCUT2D eigenvalue weighted by molar-refractivity contribution is 7.14. The summed E-state index contributed by atoms with van der Waals surface area (Å²) in [5.74, 6) is 0.385. The van der Waals surface area contributed by atoms with Crippen molar-refractivity contribution in [1.29, 1.82) is 0 Å². The van der Waals surface area contributed by atoms with Crippen LogP contribution in [0.25, 0.3) is 0 Å². The van der Waals surface area contributed by atoms with Gasteiger partial charge < -0.3 is 15.7 Å². The van der Waals surface area contributed by atoms with Crippen molar-refractivity contribution in [2.75, 3.05) is 6.61 Å². The van der Waals surface area contributed by atoms with Crippen molar-refractivity contribution >= 4 is 23.2 Å². The molecule has 1 unspecified atom stereocenters. The third kappa shape index (κ3) is 5.95. The van der Waals surface area contributed by atoms with E-state index in [2.05, 4.69) is 10.6 Å². The first kappa shape index (κ1) is 17.9. The van der Waals surface area contributed by atoms with Gasteiger partial charge in [0.25, 0.3) is 5.91 Å². The molecular weight excluding hydrogens is 312 g/mol. The Labute approximate surface area is 141 Å². The van der Waals surface area contributed by atoms with E-state index in [1.807, 2.05) is 6.07 Å². The number of hydrogen-bond donors (Lipinski definition) is 3. The zero-order valence-corrected chi connectivity index (χ0v) is 14.5. The van der Waals surface area contributed by atoms with Crippen LogP contribution in [0.5, 0.6) is 0 Å². The molecule has 1 aliphatic carbocycles. The van der Waals surface area contributed by atoms with Crippen LogP contribution in [0, 0.1) is 5.92 Å². The molecule has 6 heteroatoms. The Morgan fingerprint density at radius 3 is 2.70 bits per heavy atom. The molecule has 0 aromatic carbocycles. The minimum absolute atomic E-state index is 0.0215. The van der Waals surface area contributed by atoms with Crippen molar-refractivity contribution < 1.29 is 14.7 Å². The molecular formula is C17H26N2O3S. The average Bonchev–Trinajstić information content (AvgIpc) is 3.02. The number of aliphatic hydroxyl groups is 1. The predicted octanol–water partition coefficient (Wildman–Crippen LogP) is 2.45. The normalized spacial score (nSPS) is 16.8. The quantitative estimate of drug-likeness (QED) is 0.714. The van der Waals surface area contributed by atoms with Crippen LogP contribution in [-0.4, -0.2) is 29.6 Å². The van der Waals surface area contributed by atoms with Gasteiger partial charge in [-0.2, -0.15) is 0 Å². The summed E-state index contributed by atoms with van der Waals surface area (Å²) in [5, 5.41) is 15.2. The van der Waals surface area contributed by atoms with Gasteiger partial charge in [0, 0.05) is 11.8 Å². The molecule has 0 bridgehead atoms. The van der Waals surface area contributed by atoms with E-state index in [4.69, 9.17) is 0 Å². The summed E-state index contributed by atoms with van der Waals surface area (Å²) in [6, 6.07) is 3.45. The van der Waals surface area contributed by atoms with E-state index in [-0.39, 0.29) is 24.5 Å². The van der Waals surface area contributed by atoms with E-state index in [0.29, 0.717) is 17.3 Å². The first-order chi connectivity index (χ1) is 11.1. The van der Waals surface area contributed by atoms with Crippen molar-refractivity contribution in [3.05, 3.63) is 21.9 Å². The molecule has 1 atom stereocenters. The molecule has 1 aromatic heterocycles. The molecule has 0 saturated heterocycles. The van der Waals surface area contributed by atoms with Gasteiger partial charge in [0.2, 0.25) is 5.91 Å². The molecule has 1 heterocycles. The fourth-order valence-corrected chi connectivity index (χ4v) is 3.92. The maximum atomic E-state index is 12.3. The molecule has 0 radical (unpaired) electrons. The summed E-state index contributed by atoms with van der Waals surface area (Å²) in [4.78, 5) is 24.8. The van der Waals surface area contributed by atoms with Crippen molar-refractivity contribution in [3.63, 3.8) is 0 Å². The maximum Gasteiger partial charge on any atom is 0.261 e. The van der Waals surface area contributed by atoms with Gasteiger partial charge in [-0.1, -0.05) is 32.1 Å². The molecule has 1 aliphatic rings. The van der Waals surface area contributed by atoms with E-state index < -0.39 is 0 Å². The number of carbonyl (C=O) groups is 2. The minimum Gasteiger partial charge on any atom is -0.394 e. The molecule has 2 rings (SSSR count). The van der Waals surface area contributed by atoms with E-state index in [0.717, 1.165) is 11.3 Å². The van der Waals surface area contributed by atoms with Gasteiger partial charge in [0.1, 0.15) is 0 Å². The minimum atomic E-state index is -0.175. The first-order valence-electron chi connectivity index (χ1n) is 8.33. The molecule has 2 amide bonds. The third-order valence-corrected chi connectivity index (χ3v) is 5.38. The molecule has 23 heavy (non-hydrogen) atoms. The fourth-order valence-electron chi connectivity index (χ4n) is 3.07. The van der Waals surface area contributed by atoms with Gasteiger partial charge in [-0.25, -0.2) is 0 Å². The standard InChI is InChI=1S/C17H26N2O3S/c1-12(21)18-10-15-7-8-16(23-15)17(22)19-14(11-20)9-13-5-3-2-4-6-13/h7-8,13-14,20H,2-6,9-11H2,1H3,(H,18,21)(H,19,22). The first-order valence-corrected chi connectivity index (χ1v) is 9.15. The summed E-state index contributed by atoms with van der Waals surface area (Å²) in [6.45, 7) is 1.89. The van der Waals surface area contributed by atoms with E-state index in [1.165, 1.54) is 50.4 Å². The summed E-state index contributed by atoms with van der Waals surface area (Å²) in [6.07, 6.45) is 7.08. The predicted molar refractivity (Wildman–Crippen MR) is 91.4 cm³/mol. The number of rotatable bonds is 7. The summed E-state index contributed by atoms with van der Waals surface area (Å²) in [7, 11) is 0. The van der Waals surface area contributed by atoms with Crippen LogP contribution in [0.2, 0.25) is 0 Å². The number of nitrogens with one attached hydrogen (secondary N) is 2. The Morgan fingerprint density at radius 2 is 2.04 bits per heavy atom. The van der Waals surface area contributed by atoms with Gasteiger partial charge in [-0.05, 0) is 24.5 Å². The van der Waals surface area contributed by atoms with Crippen LogP contribution in [-0.2, 0) is 11.3 Å². The Balaban J connectivity index is 1.84. The zero-order chi connectivity index (χ0) is 16.7. The van der Waals surface area contributed by atoms with Gasteiger partial charge in [-0.3, -0.25) is 9.59 Å². The van der Waals surface area contributed by atoms with Gasteiger partial charge in [-0.15, -0.1) is 11.3 Å². The molecule has 0 aliphatic heterocycles. The molecule has 1 fully saturated rings. The van der Waals surface area contributed by atoms with Crippen LogP contribution in [0.3, 0.4) is 0 Å². The number of hydrogen-bond acceptors (Lipinski definition) is 4. The van der Waals surface area contributed by atoms with Crippen molar-refractivity contribution in [1.82, 2.24) is 10.6 Å². The van der Waals surface area contributed by atoms with Crippen molar-refractivity contribution in [2.45, 2.75) is 58.0 Å². The van der Waals surface area contributed by atoms with Gasteiger partial charge in [0.05, 0.1) is 24.1 Å². The second-order valence-electron chi connectivity index (χ2n) is 6.27. The zero-order valence-electron chi connectivity index (χ0n) is 13.6. The second-order valence-corrected chi connectivity index (χ2v) is 7.44. The van der Waals surface area contributed by atoms with Crippen LogP contribution < -0.4 is 10.6 Å². The molecule has 1 saturated carbocycles. The number of aliphatic hydroxyl groups excluding tert-OH is 1. The van der Waals surface area contributed by atoms with E-state index >= 15 is 0 Å². The van der Waals surface area contributed by atoms with E-state index in [1.54, 1.807) is 6.07 Å². The lowest BCUT2D eigenvalue weighted by atomic mass is 9.85. The van der Waals surface area contributed by atoms with Crippen LogP contribution in [0.4, 0.5) is 0 Å². The fraction of sp³-hybridized carbons (Fsp3) is 0.647. The lowest BCUT2D eigenvalue weighted by Crippen LogP contribution is -2.38. The molecule has 0 spiro atoms. The summed E-state index contributed by atoms with van der Waals surface area (Å²) in [5.41, 5.74) is 0. The van der Waals surface area contributed by atoms with Gasteiger partial charge >= 0.3 is 0 Å². The molecule has 5 nitrogen and oxygen atoms in total. The number of amides is 2. The van der Waals surface area contributed by atoms with Crippen LogP contribution in [0.15, 0.2) is 12.1 Å². The van der Waals surface area contributed by atoms with Crippen molar-refractivity contribution in [3.8, 4) is 0 Å². The van der Waals surface area contributed by atoms with Crippen molar-refractivity contribution in [2.24, 2.45) is 5.92 Å². The lowest BCUT2D eigenvalue weighted by Gasteiger charge is -2.26. The highest BCUT2D eigenvalue weighted by Crippen LogP contribution is 2.27. The van der Waals surface area contributed by atoms with Crippen LogP contribution >= 0.6 is 11.3 Å². The van der Waals surface area contributed by atoms with Crippen LogP contribution in [0.1, 0.15) is 60.0 Å². The highest BCUT2D eigenvalue weighted by atomic mass is 32.1. The molecule has 3 N–H and O–H groups in total. The largest absolute Gasteiger partial charge is 0.394 e. The number of carbonyl (C=O) groups excluding carboxylic acids is 2. The monoisotopic (exact) mass is 338 g/mol. The smallest absolute Gasteiger partial charge is 0.261 e. The highest BCUT2D eigenvalue weighted by Gasteiger charge is 2.21. The Hall–Kier alpha value is -1.40. The maximum absolute atomic E-state index is 12.3. The average molecular weight is 338 g/mol. The Bertz CT molecular complexity index is 524. The van der Waals surface area contributed by atoms with Gasteiger partial charge in [0.15, 0.2) is 0 Å². The summed E-state index contributed by atoms with van der Waals surface area (Å²) < 4.78 is 0. The lowest BCUT2D eigenvalue weighted by molar-refractivity contribution is -0.119. The SMILES string of the molecule is CC(=O)NCc1ccc(C(=O)NC(CO)CC2CCCCC2)s1. The summed E-state index contributed by atoms with van der Waals surface area (Å²) >= 11 is 1.37. The Morgan fingerprint density at radius 1 is 1.30 bits per heavy atom. The Kier molecular flexibility index (Phi) is 7.05. The topological polar surface area (TPSA) is 78.4 Å². The molecule has 1 aromatic rings. The second kappa shape index (κ2) is 9.03. The van der Waals surface area contributed by atoms with E-state index in [9.17, 15) is 14.7 Å².